The van der Waals surface area contributed by atoms with E-state index in [9.17, 15) is 5.11 Å². The van der Waals surface area contributed by atoms with Gasteiger partial charge >= 0.3 is 0 Å². The van der Waals surface area contributed by atoms with E-state index >= 15 is 0 Å². The first-order valence-corrected chi connectivity index (χ1v) is 5.31. The number of hydrogen-bond donors (Lipinski definition) is 1. The monoisotopic (exact) mass is 224 g/mol. The van der Waals surface area contributed by atoms with Crippen molar-refractivity contribution in [3.05, 3.63) is 23.3 Å². The SMILES string of the molecule is COc1c(C)ccc(C(C)(C)CO)c1OC. The summed E-state index contributed by atoms with van der Waals surface area (Å²) in [7, 11) is 3.24. The molecule has 1 N–H and O–H groups in total. The van der Waals surface area contributed by atoms with Gasteiger partial charge in [-0.15, -0.1) is 0 Å². The third kappa shape index (κ3) is 2.14. The Labute approximate surface area is 97.0 Å². The van der Waals surface area contributed by atoms with Crippen LogP contribution in [0.5, 0.6) is 11.5 Å². The number of aryl methyl sites for hydroxylation is 1. The Hall–Kier alpha value is -1.22. The van der Waals surface area contributed by atoms with Crippen LogP contribution in [0, 0.1) is 6.92 Å². The van der Waals surface area contributed by atoms with Gasteiger partial charge in [0.05, 0.1) is 20.8 Å². The summed E-state index contributed by atoms with van der Waals surface area (Å²) >= 11 is 0. The van der Waals surface area contributed by atoms with Crippen molar-refractivity contribution >= 4 is 0 Å². The van der Waals surface area contributed by atoms with Gasteiger partial charge in [0.15, 0.2) is 11.5 Å². The van der Waals surface area contributed by atoms with E-state index in [2.05, 4.69) is 0 Å². The highest BCUT2D eigenvalue weighted by molar-refractivity contribution is 5.54. The number of aliphatic hydroxyl groups excluding tert-OH is 1. The molecule has 0 aliphatic rings. The van der Waals surface area contributed by atoms with E-state index in [1.807, 2.05) is 32.9 Å². The molecule has 16 heavy (non-hydrogen) atoms. The van der Waals surface area contributed by atoms with Gasteiger partial charge in [-0.3, -0.25) is 0 Å². The van der Waals surface area contributed by atoms with Crippen molar-refractivity contribution in [2.24, 2.45) is 0 Å². The van der Waals surface area contributed by atoms with E-state index in [0.29, 0.717) is 5.75 Å². The largest absolute Gasteiger partial charge is 0.493 e. The standard InChI is InChI=1S/C13H20O3/c1-9-6-7-10(13(2,3)8-14)12(16-5)11(9)15-4/h6-7,14H,8H2,1-5H3. The Bertz CT molecular complexity index is 370. The van der Waals surface area contributed by atoms with Crippen LogP contribution in [0.2, 0.25) is 0 Å². The normalized spacial score (nSPS) is 11.4. The van der Waals surface area contributed by atoms with Gasteiger partial charge < -0.3 is 14.6 Å². The van der Waals surface area contributed by atoms with Gasteiger partial charge in [0.2, 0.25) is 0 Å². The van der Waals surface area contributed by atoms with E-state index in [1.54, 1.807) is 14.2 Å². The van der Waals surface area contributed by atoms with E-state index in [1.165, 1.54) is 0 Å². The molecule has 0 aromatic heterocycles. The molecule has 0 atom stereocenters. The zero-order chi connectivity index (χ0) is 12.3. The minimum Gasteiger partial charge on any atom is -0.493 e. The number of aliphatic hydroxyl groups is 1. The number of methoxy groups -OCH3 is 2. The first-order chi connectivity index (χ1) is 7.47. The lowest BCUT2D eigenvalue weighted by Crippen LogP contribution is -2.23. The Balaban J connectivity index is 3.41. The molecule has 0 aliphatic heterocycles. The van der Waals surface area contributed by atoms with E-state index in [4.69, 9.17) is 9.47 Å². The van der Waals surface area contributed by atoms with Gasteiger partial charge in [0.25, 0.3) is 0 Å². The second-order valence-electron chi connectivity index (χ2n) is 4.54. The smallest absolute Gasteiger partial charge is 0.164 e. The minimum atomic E-state index is -0.341. The molecule has 0 amide bonds. The van der Waals surface area contributed by atoms with Crippen LogP contribution in [0.4, 0.5) is 0 Å². The number of ether oxygens (including phenoxy) is 2. The van der Waals surface area contributed by atoms with Crippen LogP contribution < -0.4 is 9.47 Å². The Kier molecular flexibility index (Phi) is 3.81. The maximum absolute atomic E-state index is 9.40. The second-order valence-corrected chi connectivity index (χ2v) is 4.54. The van der Waals surface area contributed by atoms with Gasteiger partial charge in [0.1, 0.15) is 0 Å². The zero-order valence-corrected chi connectivity index (χ0v) is 10.6. The van der Waals surface area contributed by atoms with Crippen molar-refractivity contribution in [2.75, 3.05) is 20.8 Å². The quantitative estimate of drug-likeness (QED) is 0.852. The van der Waals surface area contributed by atoms with Crippen molar-refractivity contribution in [3.8, 4) is 11.5 Å². The fourth-order valence-corrected chi connectivity index (χ4v) is 1.74. The summed E-state index contributed by atoms with van der Waals surface area (Å²) in [6, 6.07) is 3.96. The van der Waals surface area contributed by atoms with Crippen LogP contribution in [0.3, 0.4) is 0 Å². The van der Waals surface area contributed by atoms with Gasteiger partial charge in [-0.05, 0) is 12.5 Å². The molecule has 0 radical (unpaired) electrons. The summed E-state index contributed by atoms with van der Waals surface area (Å²) in [5, 5.41) is 9.40. The fraction of sp³-hybridized carbons (Fsp3) is 0.538. The van der Waals surface area contributed by atoms with Crippen molar-refractivity contribution in [2.45, 2.75) is 26.2 Å². The molecule has 1 aromatic carbocycles. The molecule has 0 saturated heterocycles. The Morgan fingerprint density at radius 3 is 2.12 bits per heavy atom. The predicted octanol–water partition coefficient (Wildman–Crippen LogP) is 2.28. The highest BCUT2D eigenvalue weighted by Crippen LogP contribution is 2.40. The topological polar surface area (TPSA) is 38.7 Å². The molecule has 0 heterocycles. The zero-order valence-electron chi connectivity index (χ0n) is 10.6. The molecule has 3 heteroatoms. The molecule has 0 fully saturated rings. The molecule has 0 unspecified atom stereocenters. The Morgan fingerprint density at radius 2 is 1.69 bits per heavy atom. The fourth-order valence-electron chi connectivity index (χ4n) is 1.74. The van der Waals surface area contributed by atoms with Gasteiger partial charge in [-0.2, -0.15) is 0 Å². The molecule has 90 valence electrons. The Morgan fingerprint density at radius 1 is 1.12 bits per heavy atom. The van der Waals surface area contributed by atoms with Gasteiger partial charge in [0, 0.05) is 11.0 Å². The summed E-state index contributed by atoms with van der Waals surface area (Å²) in [4.78, 5) is 0. The highest BCUT2D eigenvalue weighted by atomic mass is 16.5. The molecule has 1 rings (SSSR count). The van der Waals surface area contributed by atoms with Crippen molar-refractivity contribution in [1.29, 1.82) is 0 Å². The van der Waals surface area contributed by atoms with E-state index in [0.717, 1.165) is 16.9 Å². The average molecular weight is 224 g/mol. The molecule has 1 aromatic rings. The lowest BCUT2D eigenvalue weighted by molar-refractivity contribution is 0.213. The average Bonchev–Trinajstić information content (AvgIpc) is 2.28. The summed E-state index contributed by atoms with van der Waals surface area (Å²) in [6.07, 6.45) is 0. The van der Waals surface area contributed by atoms with Crippen molar-refractivity contribution in [3.63, 3.8) is 0 Å². The van der Waals surface area contributed by atoms with Crippen LogP contribution in [0.15, 0.2) is 12.1 Å². The first kappa shape index (κ1) is 12.8. The van der Waals surface area contributed by atoms with Crippen molar-refractivity contribution in [1.82, 2.24) is 0 Å². The maximum Gasteiger partial charge on any atom is 0.164 e. The van der Waals surface area contributed by atoms with Gasteiger partial charge in [-0.1, -0.05) is 26.0 Å². The number of benzene rings is 1. The summed E-state index contributed by atoms with van der Waals surface area (Å²) < 4.78 is 10.7. The van der Waals surface area contributed by atoms with Crippen LogP contribution in [0.1, 0.15) is 25.0 Å². The summed E-state index contributed by atoms with van der Waals surface area (Å²) in [5.41, 5.74) is 1.64. The lowest BCUT2D eigenvalue weighted by atomic mass is 9.84. The summed E-state index contributed by atoms with van der Waals surface area (Å²) in [5.74, 6) is 1.45. The second kappa shape index (κ2) is 4.74. The van der Waals surface area contributed by atoms with Crippen molar-refractivity contribution < 1.29 is 14.6 Å². The molecule has 0 aliphatic carbocycles. The van der Waals surface area contributed by atoms with Crippen LogP contribution in [-0.2, 0) is 5.41 Å². The summed E-state index contributed by atoms with van der Waals surface area (Å²) in [6.45, 7) is 5.98. The molecule has 0 saturated carbocycles. The van der Waals surface area contributed by atoms with Crippen LogP contribution in [0.25, 0.3) is 0 Å². The maximum atomic E-state index is 9.40. The molecular formula is C13H20O3. The molecule has 0 bridgehead atoms. The third-order valence-electron chi connectivity index (χ3n) is 2.84. The lowest BCUT2D eigenvalue weighted by Gasteiger charge is -2.26. The molecular weight excluding hydrogens is 204 g/mol. The molecule has 0 spiro atoms. The third-order valence-corrected chi connectivity index (χ3v) is 2.84. The highest BCUT2D eigenvalue weighted by Gasteiger charge is 2.26. The van der Waals surface area contributed by atoms with Crippen LogP contribution >= 0.6 is 0 Å². The minimum absolute atomic E-state index is 0.0651. The molecule has 3 nitrogen and oxygen atoms in total. The number of hydrogen-bond acceptors (Lipinski definition) is 3. The van der Waals surface area contributed by atoms with Crippen LogP contribution in [-0.4, -0.2) is 25.9 Å². The van der Waals surface area contributed by atoms with Gasteiger partial charge in [-0.25, -0.2) is 0 Å². The number of rotatable bonds is 4. The van der Waals surface area contributed by atoms with E-state index in [-0.39, 0.29) is 12.0 Å². The first-order valence-electron chi connectivity index (χ1n) is 5.31. The predicted molar refractivity (Wildman–Crippen MR) is 64.4 cm³/mol. The van der Waals surface area contributed by atoms with E-state index < -0.39 is 0 Å².